The summed E-state index contributed by atoms with van der Waals surface area (Å²) < 4.78 is 1.49. The lowest BCUT2D eigenvalue weighted by atomic mass is 9.88. The number of rotatable bonds is 8. The van der Waals surface area contributed by atoms with E-state index in [0.29, 0.717) is 11.5 Å². The first-order valence-corrected chi connectivity index (χ1v) is 14.8. The van der Waals surface area contributed by atoms with E-state index in [0.717, 1.165) is 47.2 Å². The van der Waals surface area contributed by atoms with Gasteiger partial charge in [0.25, 0.3) is 0 Å². The van der Waals surface area contributed by atoms with E-state index in [2.05, 4.69) is 57.2 Å². The van der Waals surface area contributed by atoms with Gasteiger partial charge in [-0.2, -0.15) is 0 Å². The molecule has 9 heteroatoms. The molecule has 2 aliphatic rings. The quantitative estimate of drug-likeness (QED) is 0.399. The fraction of sp³-hybridized carbons (Fsp3) is 0.385. The van der Waals surface area contributed by atoms with Crippen LogP contribution in [-0.4, -0.2) is 33.5 Å². The van der Waals surface area contributed by atoms with E-state index in [4.69, 9.17) is 0 Å². The van der Waals surface area contributed by atoms with Crippen molar-refractivity contribution in [2.75, 3.05) is 11.5 Å². The Morgan fingerprint density at radius 2 is 1.23 bits per heavy atom. The molecule has 0 radical (unpaired) electrons. The molecule has 0 bridgehead atoms. The molecule has 1 aromatic heterocycles. The van der Waals surface area contributed by atoms with Gasteiger partial charge in [-0.05, 0) is 60.8 Å². The Morgan fingerprint density at radius 1 is 0.771 bits per heavy atom. The number of fused-ring (bicyclic) bond motifs is 2. The second-order valence-electron chi connectivity index (χ2n) is 8.83. The predicted molar refractivity (Wildman–Crippen MR) is 142 cm³/mol. The number of aromatic nitrogens is 2. The van der Waals surface area contributed by atoms with Gasteiger partial charge in [0.15, 0.2) is 8.68 Å². The summed E-state index contributed by atoms with van der Waals surface area (Å²) in [6.45, 7) is 0. The van der Waals surface area contributed by atoms with Crippen LogP contribution in [0.15, 0.2) is 57.2 Å². The molecule has 2 aliphatic carbocycles. The molecule has 5 rings (SSSR count). The zero-order chi connectivity index (χ0) is 24.0. The number of hydrogen-bond acceptors (Lipinski definition) is 7. The van der Waals surface area contributed by atoms with Gasteiger partial charge in [-0.3, -0.25) is 9.59 Å². The van der Waals surface area contributed by atoms with Gasteiger partial charge in [-0.25, -0.2) is 0 Å². The lowest BCUT2D eigenvalue weighted by molar-refractivity contribution is -0.120. The SMILES string of the molecule is O=C(CSc1nnc(SCC(=O)N[C@@H]2CCCc3ccccc32)s1)N[C@@H]1CCCc2ccccc21. The largest absolute Gasteiger partial charge is 0.349 e. The van der Waals surface area contributed by atoms with Gasteiger partial charge >= 0.3 is 0 Å². The Labute approximate surface area is 218 Å². The van der Waals surface area contributed by atoms with E-state index in [1.807, 2.05) is 12.1 Å². The van der Waals surface area contributed by atoms with Crippen LogP contribution in [0.4, 0.5) is 0 Å². The van der Waals surface area contributed by atoms with Crippen molar-refractivity contribution in [2.45, 2.75) is 59.3 Å². The number of amides is 2. The molecule has 0 aliphatic heterocycles. The highest BCUT2D eigenvalue weighted by atomic mass is 32.2. The first kappa shape index (κ1) is 24.3. The number of thioether (sulfide) groups is 2. The van der Waals surface area contributed by atoms with Crippen LogP contribution in [0.2, 0.25) is 0 Å². The van der Waals surface area contributed by atoms with Crippen molar-refractivity contribution in [3.63, 3.8) is 0 Å². The summed E-state index contributed by atoms with van der Waals surface area (Å²) in [4.78, 5) is 25.1. The second-order valence-corrected chi connectivity index (χ2v) is 12.3. The topological polar surface area (TPSA) is 84.0 Å². The highest BCUT2D eigenvalue weighted by Gasteiger charge is 2.23. The number of carbonyl (C=O) groups excluding carboxylic acids is 2. The van der Waals surface area contributed by atoms with Gasteiger partial charge in [0, 0.05) is 0 Å². The van der Waals surface area contributed by atoms with Gasteiger partial charge < -0.3 is 10.6 Å². The van der Waals surface area contributed by atoms with Crippen molar-refractivity contribution in [1.82, 2.24) is 20.8 Å². The Bertz CT molecular complexity index is 1110. The van der Waals surface area contributed by atoms with E-state index in [9.17, 15) is 9.59 Å². The molecular weight excluding hydrogens is 497 g/mol. The lowest BCUT2D eigenvalue weighted by Gasteiger charge is -2.26. The van der Waals surface area contributed by atoms with Crippen LogP contribution >= 0.6 is 34.9 Å². The van der Waals surface area contributed by atoms with Crippen molar-refractivity contribution in [3.05, 3.63) is 70.8 Å². The third kappa shape index (κ3) is 6.26. The standard InChI is InChI=1S/C26H28N4O2S3/c31-23(27-21-13-5-9-17-7-1-3-11-19(17)21)15-33-25-29-30-26(35-25)34-16-24(32)28-22-14-6-10-18-8-2-4-12-20(18)22/h1-4,7-8,11-12,21-22H,5-6,9-10,13-16H2,(H,27,31)(H,28,32)/t21-,22-/m1/s1. The molecule has 2 N–H and O–H groups in total. The zero-order valence-electron chi connectivity index (χ0n) is 19.4. The number of benzene rings is 2. The summed E-state index contributed by atoms with van der Waals surface area (Å²) >= 11 is 4.22. The predicted octanol–water partition coefficient (Wildman–Crippen LogP) is 5.11. The maximum Gasteiger partial charge on any atom is 0.230 e. The third-order valence-electron chi connectivity index (χ3n) is 6.45. The Kier molecular flexibility index (Phi) is 8.06. The van der Waals surface area contributed by atoms with Gasteiger partial charge in [-0.1, -0.05) is 83.4 Å². The molecule has 0 unspecified atom stereocenters. The summed E-state index contributed by atoms with van der Waals surface area (Å²) in [5, 5.41) is 14.7. The molecule has 6 nitrogen and oxygen atoms in total. The van der Waals surface area contributed by atoms with Crippen LogP contribution in [0.5, 0.6) is 0 Å². The van der Waals surface area contributed by atoms with Crippen LogP contribution in [0.3, 0.4) is 0 Å². The normalized spacial score (nSPS) is 18.9. The average molecular weight is 525 g/mol. The van der Waals surface area contributed by atoms with Crippen molar-refractivity contribution >= 4 is 46.7 Å². The monoisotopic (exact) mass is 524 g/mol. The average Bonchev–Trinajstić information content (AvgIpc) is 3.35. The van der Waals surface area contributed by atoms with Crippen LogP contribution in [0.25, 0.3) is 0 Å². The Hall–Kier alpha value is -2.36. The Balaban J connectivity index is 1.07. The molecular formula is C26H28N4O2S3. The number of aryl methyl sites for hydroxylation is 2. The van der Waals surface area contributed by atoms with Crippen LogP contribution < -0.4 is 10.6 Å². The molecule has 0 saturated heterocycles. The van der Waals surface area contributed by atoms with Crippen molar-refractivity contribution in [2.24, 2.45) is 0 Å². The van der Waals surface area contributed by atoms with Gasteiger partial charge in [0.1, 0.15) is 0 Å². The molecule has 0 fully saturated rings. The van der Waals surface area contributed by atoms with E-state index in [1.54, 1.807) is 0 Å². The highest BCUT2D eigenvalue weighted by Crippen LogP contribution is 2.32. The van der Waals surface area contributed by atoms with Gasteiger partial charge in [0.2, 0.25) is 11.8 Å². The number of carbonyl (C=O) groups is 2. The molecule has 2 aromatic carbocycles. The van der Waals surface area contributed by atoms with Gasteiger partial charge in [-0.15, -0.1) is 10.2 Å². The fourth-order valence-electron chi connectivity index (χ4n) is 4.85. The van der Waals surface area contributed by atoms with Crippen LogP contribution in [0, 0.1) is 0 Å². The van der Waals surface area contributed by atoms with Crippen LogP contribution in [-0.2, 0) is 22.4 Å². The minimum absolute atomic E-state index is 0.00764. The van der Waals surface area contributed by atoms with E-state index in [1.165, 1.54) is 57.1 Å². The van der Waals surface area contributed by atoms with E-state index < -0.39 is 0 Å². The molecule has 2 amide bonds. The van der Waals surface area contributed by atoms with Gasteiger partial charge in [0.05, 0.1) is 23.6 Å². The minimum Gasteiger partial charge on any atom is -0.349 e. The molecule has 0 spiro atoms. The smallest absolute Gasteiger partial charge is 0.230 e. The summed E-state index contributed by atoms with van der Waals surface area (Å²) in [6.07, 6.45) is 6.28. The first-order chi connectivity index (χ1) is 17.2. The summed E-state index contributed by atoms with van der Waals surface area (Å²) in [7, 11) is 0. The maximum absolute atomic E-state index is 12.6. The van der Waals surface area contributed by atoms with Crippen molar-refractivity contribution < 1.29 is 9.59 Å². The third-order valence-corrected chi connectivity index (χ3v) is 9.64. The van der Waals surface area contributed by atoms with E-state index >= 15 is 0 Å². The molecule has 182 valence electrons. The molecule has 2 atom stereocenters. The number of nitrogens with zero attached hydrogens (tertiary/aromatic N) is 2. The maximum atomic E-state index is 12.6. The minimum atomic E-state index is 0.00764. The summed E-state index contributed by atoms with van der Waals surface area (Å²) in [5.74, 6) is 0.625. The molecule has 35 heavy (non-hydrogen) atoms. The number of nitrogens with one attached hydrogen (secondary N) is 2. The van der Waals surface area contributed by atoms with Crippen molar-refractivity contribution in [3.8, 4) is 0 Å². The number of hydrogen-bond donors (Lipinski definition) is 2. The lowest BCUT2D eigenvalue weighted by Crippen LogP contribution is -2.32. The molecule has 3 aromatic rings. The van der Waals surface area contributed by atoms with E-state index in [-0.39, 0.29) is 23.9 Å². The first-order valence-electron chi connectivity index (χ1n) is 12.0. The Morgan fingerprint density at radius 3 is 1.71 bits per heavy atom. The second kappa shape index (κ2) is 11.6. The fourth-order valence-corrected chi connectivity index (χ4v) is 7.49. The summed E-state index contributed by atoms with van der Waals surface area (Å²) in [5.41, 5.74) is 5.14. The van der Waals surface area contributed by atoms with Crippen molar-refractivity contribution in [1.29, 1.82) is 0 Å². The molecule has 0 saturated carbocycles. The summed E-state index contributed by atoms with van der Waals surface area (Å²) in [6, 6.07) is 16.9. The molecule has 1 heterocycles. The zero-order valence-corrected chi connectivity index (χ0v) is 21.8. The highest BCUT2D eigenvalue weighted by molar-refractivity contribution is 8.03. The van der Waals surface area contributed by atoms with Crippen LogP contribution in [0.1, 0.15) is 60.0 Å².